The summed E-state index contributed by atoms with van der Waals surface area (Å²) in [6, 6.07) is 5.36. The predicted octanol–water partition coefficient (Wildman–Crippen LogP) is 3.74. The number of nitrogens with one attached hydrogen (secondary N) is 1. The van der Waals surface area contributed by atoms with Gasteiger partial charge in [0.15, 0.2) is 0 Å². The first kappa shape index (κ1) is 10.5. The molecular formula is C13H18FN. The van der Waals surface area contributed by atoms with Gasteiger partial charge < -0.3 is 5.32 Å². The van der Waals surface area contributed by atoms with Crippen LogP contribution in [0.3, 0.4) is 0 Å². The first-order valence-electron chi connectivity index (χ1n) is 5.76. The molecule has 1 aliphatic carbocycles. The molecule has 1 aromatic rings. The quantitative estimate of drug-likeness (QED) is 0.796. The molecule has 1 N–H and O–H groups in total. The lowest BCUT2D eigenvalue weighted by molar-refractivity contribution is 0.573. The van der Waals surface area contributed by atoms with E-state index >= 15 is 0 Å². The van der Waals surface area contributed by atoms with Gasteiger partial charge in [0, 0.05) is 6.54 Å². The van der Waals surface area contributed by atoms with Crippen LogP contribution >= 0.6 is 0 Å². The van der Waals surface area contributed by atoms with Crippen LogP contribution in [0.5, 0.6) is 0 Å². The number of rotatable bonds is 3. The fraction of sp³-hybridized carbons (Fsp3) is 0.538. The lowest BCUT2D eigenvalue weighted by Gasteiger charge is -2.12. The minimum atomic E-state index is -0.131. The molecule has 1 nitrogen and oxygen atoms in total. The van der Waals surface area contributed by atoms with E-state index in [0.29, 0.717) is 5.69 Å². The Labute approximate surface area is 90.7 Å². The van der Waals surface area contributed by atoms with Gasteiger partial charge in [-0.05, 0) is 43.4 Å². The molecule has 2 heteroatoms. The Morgan fingerprint density at radius 3 is 2.73 bits per heavy atom. The molecule has 1 aromatic carbocycles. The molecule has 0 bridgehead atoms. The summed E-state index contributed by atoms with van der Waals surface area (Å²) in [6.07, 6.45) is 5.26. The monoisotopic (exact) mass is 207 g/mol. The van der Waals surface area contributed by atoms with Crippen molar-refractivity contribution in [2.45, 2.75) is 32.6 Å². The number of aryl methyl sites for hydroxylation is 1. The normalized spacial score (nSPS) is 16.9. The van der Waals surface area contributed by atoms with Gasteiger partial charge in [0.1, 0.15) is 5.82 Å². The Kier molecular flexibility index (Phi) is 3.24. The second-order valence-corrected chi connectivity index (χ2v) is 4.51. The Morgan fingerprint density at radius 1 is 1.33 bits per heavy atom. The van der Waals surface area contributed by atoms with E-state index in [1.807, 2.05) is 19.1 Å². The maximum Gasteiger partial charge on any atom is 0.146 e. The topological polar surface area (TPSA) is 12.0 Å². The van der Waals surface area contributed by atoms with Crippen molar-refractivity contribution in [1.29, 1.82) is 0 Å². The number of hydrogen-bond acceptors (Lipinski definition) is 1. The molecule has 1 aliphatic rings. The van der Waals surface area contributed by atoms with E-state index in [1.165, 1.54) is 25.7 Å². The zero-order chi connectivity index (χ0) is 10.7. The summed E-state index contributed by atoms with van der Waals surface area (Å²) in [4.78, 5) is 0. The third-order valence-corrected chi connectivity index (χ3v) is 3.18. The maximum absolute atomic E-state index is 13.5. The van der Waals surface area contributed by atoms with E-state index in [0.717, 1.165) is 18.0 Å². The Balaban J connectivity index is 1.92. The summed E-state index contributed by atoms with van der Waals surface area (Å²) < 4.78 is 13.5. The van der Waals surface area contributed by atoms with E-state index < -0.39 is 0 Å². The largest absolute Gasteiger partial charge is 0.382 e. The summed E-state index contributed by atoms with van der Waals surface area (Å²) >= 11 is 0. The van der Waals surface area contributed by atoms with Crippen LogP contribution in [0.25, 0.3) is 0 Å². The predicted molar refractivity (Wildman–Crippen MR) is 61.6 cm³/mol. The highest BCUT2D eigenvalue weighted by atomic mass is 19.1. The van der Waals surface area contributed by atoms with Gasteiger partial charge in [-0.3, -0.25) is 0 Å². The van der Waals surface area contributed by atoms with Crippen molar-refractivity contribution in [3.8, 4) is 0 Å². The van der Waals surface area contributed by atoms with Gasteiger partial charge in [-0.1, -0.05) is 18.9 Å². The average Bonchev–Trinajstić information content (AvgIpc) is 2.69. The fourth-order valence-electron chi connectivity index (χ4n) is 2.23. The van der Waals surface area contributed by atoms with Crippen molar-refractivity contribution in [3.05, 3.63) is 29.6 Å². The van der Waals surface area contributed by atoms with Crippen molar-refractivity contribution in [3.63, 3.8) is 0 Å². The molecule has 2 rings (SSSR count). The molecule has 15 heavy (non-hydrogen) atoms. The van der Waals surface area contributed by atoms with Gasteiger partial charge in [-0.25, -0.2) is 4.39 Å². The summed E-state index contributed by atoms with van der Waals surface area (Å²) in [6.45, 7) is 2.82. The molecule has 0 amide bonds. The van der Waals surface area contributed by atoms with Crippen molar-refractivity contribution < 1.29 is 4.39 Å². The maximum atomic E-state index is 13.5. The average molecular weight is 207 g/mol. The van der Waals surface area contributed by atoms with Crippen LogP contribution in [-0.2, 0) is 0 Å². The molecule has 0 spiro atoms. The minimum Gasteiger partial charge on any atom is -0.382 e. The highest BCUT2D eigenvalue weighted by Gasteiger charge is 2.14. The van der Waals surface area contributed by atoms with E-state index in [4.69, 9.17) is 0 Å². The van der Waals surface area contributed by atoms with Crippen molar-refractivity contribution >= 4 is 5.69 Å². The van der Waals surface area contributed by atoms with Gasteiger partial charge in [0.05, 0.1) is 5.69 Å². The first-order chi connectivity index (χ1) is 7.25. The van der Waals surface area contributed by atoms with E-state index in [1.54, 1.807) is 6.07 Å². The van der Waals surface area contributed by atoms with Gasteiger partial charge >= 0.3 is 0 Å². The van der Waals surface area contributed by atoms with E-state index in [9.17, 15) is 4.39 Å². The van der Waals surface area contributed by atoms with Crippen LogP contribution < -0.4 is 5.32 Å². The van der Waals surface area contributed by atoms with Gasteiger partial charge in [-0.15, -0.1) is 0 Å². The highest BCUT2D eigenvalue weighted by molar-refractivity contribution is 5.46. The van der Waals surface area contributed by atoms with Crippen molar-refractivity contribution in [1.82, 2.24) is 0 Å². The molecule has 0 atom stereocenters. The van der Waals surface area contributed by atoms with Crippen molar-refractivity contribution in [2.75, 3.05) is 11.9 Å². The second-order valence-electron chi connectivity index (χ2n) is 4.51. The molecular weight excluding hydrogens is 189 g/mol. The Bertz CT molecular complexity index is 329. The lowest BCUT2D eigenvalue weighted by Crippen LogP contribution is -2.11. The van der Waals surface area contributed by atoms with Crippen LogP contribution in [0.1, 0.15) is 31.2 Å². The standard InChI is InChI=1S/C13H18FN/c1-10-6-7-13(12(14)8-10)15-9-11-4-2-3-5-11/h6-8,11,15H,2-5,9H2,1H3. The number of anilines is 1. The smallest absolute Gasteiger partial charge is 0.146 e. The number of benzene rings is 1. The van der Waals surface area contributed by atoms with Crippen molar-refractivity contribution in [2.24, 2.45) is 5.92 Å². The van der Waals surface area contributed by atoms with Gasteiger partial charge in [0.25, 0.3) is 0 Å². The molecule has 0 saturated heterocycles. The van der Waals surface area contributed by atoms with Gasteiger partial charge in [0.2, 0.25) is 0 Å². The third kappa shape index (κ3) is 2.71. The van der Waals surface area contributed by atoms with Crippen LogP contribution in [0, 0.1) is 18.7 Å². The summed E-state index contributed by atoms with van der Waals surface area (Å²) in [5.41, 5.74) is 1.62. The lowest BCUT2D eigenvalue weighted by atomic mass is 10.1. The van der Waals surface area contributed by atoms with Crippen LogP contribution in [0.2, 0.25) is 0 Å². The van der Waals surface area contributed by atoms with Crippen LogP contribution in [-0.4, -0.2) is 6.54 Å². The Hall–Kier alpha value is -1.05. The van der Waals surface area contributed by atoms with Gasteiger partial charge in [-0.2, -0.15) is 0 Å². The summed E-state index contributed by atoms with van der Waals surface area (Å²) in [7, 11) is 0. The molecule has 0 aliphatic heterocycles. The molecule has 0 heterocycles. The molecule has 1 fully saturated rings. The molecule has 0 radical (unpaired) electrons. The Morgan fingerprint density at radius 2 is 2.07 bits per heavy atom. The van der Waals surface area contributed by atoms with E-state index in [-0.39, 0.29) is 5.82 Å². The number of halogens is 1. The third-order valence-electron chi connectivity index (χ3n) is 3.18. The zero-order valence-electron chi connectivity index (χ0n) is 9.22. The summed E-state index contributed by atoms with van der Waals surface area (Å²) in [5, 5.41) is 3.21. The van der Waals surface area contributed by atoms with E-state index in [2.05, 4.69) is 5.32 Å². The first-order valence-corrected chi connectivity index (χ1v) is 5.76. The SMILES string of the molecule is Cc1ccc(NCC2CCCC2)c(F)c1. The fourth-order valence-corrected chi connectivity index (χ4v) is 2.23. The zero-order valence-corrected chi connectivity index (χ0v) is 9.22. The molecule has 82 valence electrons. The second kappa shape index (κ2) is 4.65. The minimum absolute atomic E-state index is 0.131. The summed E-state index contributed by atoms with van der Waals surface area (Å²) in [5.74, 6) is 0.610. The van der Waals surface area contributed by atoms with Crippen LogP contribution in [0.15, 0.2) is 18.2 Å². The molecule has 0 aromatic heterocycles. The highest BCUT2D eigenvalue weighted by Crippen LogP contribution is 2.25. The molecule has 0 unspecified atom stereocenters. The number of hydrogen-bond donors (Lipinski definition) is 1. The molecule has 1 saturated carbocycles. The van der Waals surface area contributed by atoms with Crippen LogP contribution in [0.4, 0.5) is 10.1 Å².